The highest BCUT2D eigenvalue weighted by Gasteiger charge is 1.95. The number of allylic oxidation sites excluding steroid dienone is 5. The minimum absolute atomic E-state index is 0.907. The normalized spacial score (nSPS) is 12.5. The van der Waals surface area contributed by atoms with Crippen LogP contribution in [0.5, 0.6) is 0 Å². The molecule has 1 N–H and O–H groups in total. The van der Waals surface area contributed by atoms with Crippen LogP contribution in [-0.4, -0.2) is 7.05 Å². The van der Waals surface area contributed by atoms with Gasteiger partial charge in [0.25, 0.3) is 0 Å². The van der Waals surface area contributed by atoms with Crippen molar-refractivity contribution in [3.8, 4) is 0 Å². The third-order valence-corrected chi connectivity index (χ3v) is 1.88. The maximum Gasteiger partial charge on any atom is 0.00278 e. The van der Waals surface area contributed by atoms with E-state index < -0.39 is 0 Å². The summed E-state index contributed by atoms with van der Waals surface area (Å²) in [6.45, 7) is 11.9. The summed E-state index contributed by atoms with van der Waals surface area (Å²) in [5.74, 6) is 0. The molecule has 0 aromatic rings. The van der Waals surface area contributed by atoms with E-state index in [1.165, 1.54) is 11.1 Å². The van der Waals surface area contributed by atoms with Crippen LogP contribution >= 0.6 is 0 Å². The smallest absolute Gasteiger partial charge is 0.00278 e. The highest BCUT2D eigenvalue weighted by molar-refractivity contribution is 5.31. The molecule has 0 aliphatic rings. The van der Waals surface area contributed by atoms with Gasteiger partial charge < -0.3 is 5.32 Å². The van der Waals surface area contributed by atoms with Gasteiger partial charge >= 0.3 is 0 Å². The molecule has 0 aliphatic heterocycles. The number of nitrogens with one attached hydrogen (secondary N) is 1. The quantitative estimate of drug-likeness (QED) is 0.500. The molecule has 0 saturated carbocycles. The van der Waals surface area contributed by atoms with Gasteiger partial charge in [0, 0.05) is 7.05 Å². The van der Waals surface area contributed by atoms with E-state index in [0.29, 0.717) is 0 Å². The summed E-state index contributed by atoms with van der Waals surface area (Å²) in [5, 5.41) is 3.04. The van der Waals surface area contributed by atoms with E-state index in [9.17, 15) is 0 Å². The molecule has 0 heterocycles. The molecule has 0 saturated heterocycles. The highest BCUT2D eigenvalue weighted by Crippen LogP contribution is 2.13. The summed E-state index contributed by atoms with van der Waals surface area (Å²) in [6, 6.07) is 0. The highest BCUT2D eigenvalue weighted by atomic mass is 14.8. The van der Waals surface area contributed by atoms with Crippen molar-refractivity contribution < 1.29 is 0 Å². The third-order valence-electron chi connectivity index (χ3n) is 1.88. The predicted molar refractivity (Wildman–Crippen MR) is 65.1 cm³/mol. The molecular formula is C13H21N. The average Bonchev–Trinajstić information content (AvgIpc) is 2.15. The van der Waals surface area contributed by atoms with E-state index >= 15 is 0 Å². The van der Waals surface area contributed by atoms with Crippen molar-refractivity contribution >= 4 is 0 Å². The second-order valence-corrected chi connectivity index (χ2v) is 3.42. The minimum Gasteiger partial charge on any atom is -0.394 e. The maximum absolute atomic E-state index is 3.90. The van der Waals surface area contributed by atoms with Crippen LogP contribution < -0.4 is 5.32 Å². The topological polar surface area (TPSA) is 12.0 Å². The largest absolute Gasteiger partial charge is 0.394 e. The molecule has 0 aromatic carbocycles. The van der Waals surface area contributed by atoms with Crippen molar-refractivity contribution in [2.24, 2.45) is 0 Å². The summed E-state index contributed by atoms with van der Waals surface area (Å²) in [7, 11) is 1.91. The fourth-order valence-electron chi connectivity index (χ4n) is 1.20. The van der Waals surface area contributed by atoms with Gasteiger partial charge in [0.2, 0.25) is 0 Å². The lowest BCUT2D eigenvalue weighted by Crippen LogP contribution is -1.95. The first-order chi connectivity index (χ1) is 6.63. The summed E-state index contributed by atoms with van der Waals surface area (Å²) in [5.41, 5.74) is 3.67. The van der Waals surface area contributed by atoms with Crippen LogP contribution in [-0.2, 0) is 0 Å². The van der Waals surface area contributed by atoms with Gasteiger partial charge in [0.15, 0.2) is 0 Å². The van der Waals surface area contributed by atoms with Crippen molar-refractivity contribution in [1.29, 1.82) is 0 Å². The Labute approximate surface area is 87.9 Å². The Morgan fingerprint density at radius 1 is 1.36 bits per heavy atom. The van der Waals surface area contributed by atoms with E-state index in [4.69, 9.17) is 0 Å². The van der Waals surface area contributed by atoms with Gasteiger partial charge in [0.05, 0.1) is 0 Å². The van der Waals surface area contributed by atoms with Crippen LogP contribution in [0.1, 0.15) is 26.7 Å². The molecule has 0 spiro atoms. The van der Waals surface area contributed by atoms with Gasteiger partial charge in [-0.3, -0.25) is 0 Å². The monoisotopic (exact) mass is 191 g/mol. The summed E-state index contributed by atoms with van der Waals surface area (Å²) >= 11 is 0. The Kier molecular flexibility index (Phi) is 6.55. The fraction of sp³-hybridized carbons (Fsp3) is 0.385. The predicted octanol–water partition coefficient (Wildman–Crippen LogP) is 3.58. The zero-order valence-electron chi connectivity index (χ0n) is 9.56. The molecule has 0 rings (SSSR count). The molecule has 0 aliphatic carbocycles. The fourth-order valence-corrected chi connectivity index (χ4v) is 1.20. The van der Waals surface area contributed by atoms with Gasteiger partial charge in [-0.05, 0) is 37.1 Å². The standard InChI is InChI=1S/C13H21N/c1-6-12(8-11(3)4)9-13(7-2)10-14-5/h6,9-10,14H,1,3,7-8H2,2,4-5H3/b12-9+,13-10-. The Morgan fingerprint density at radius 3 is 2.36 bits per heavy atom. The van der Waals surface area contributed by atoms with Crippen molar-refractivity contribution in [2.75, 3.05) is 7.05 Å². The molecule has 1 heteroatoms. The Hall–Kier alpha value is -1.24. The first kappa shape index (κ1) is 12.8. The van der Waals surface area contributed by atoms with Crippen LogP contribution in [0.4, 0.5) is 0 Å². The van der Waals surface area contributed by atoms with Crippen LogP contribution in [0.15, 0.2) is 48.2 Å². The van der Waals surface area contributed by atoms with E-state index in [1.807, 2.05) is 26.2 Å². The summed E-state index contributed by atoms with van der Waals surface area (Å²) in [4.78, 5) is 0. The number of hydrogen-bond donors (Lipinski definition) is 1. The van der Waals surface area contributed by atoms with Crippen LogP contribution in [0.25, 0.3) is 0 Å². The van der Waals surface area contributed by atoms with Gasteiger partial charge in [-0.15, -0.1) is 0 Å². The van der Waals surface area contributed by atoms with Crippen LogP contribution in [0.3, 0.4) is 0 Å². The molecule has 0 unspecified atom stereocenters. The van der Waals surface area contributed by atoms with E-state index in [0.717, 1.165) is 18.4 Å². The molecule has 0 fully saturated rings. The number of hydrogen-bond acceptors (Lipinski definition) is 1. The second-order valence-electron chi connectivity index (χ2n) is 3.42. The lowest BCUT2D eigenvalue weighted by Gasteiger charge is -2.03. The Balaban J connectivity index is 4.62. The summed E-state index contributed by atoms with van der Waals surface area (Å²) < 4.78 is 0. The molecule has 1 nitrogen and oxygen atoms in total. The number of rotatable bonds is 6. The molecule has 0 atom stereocenters. The van der Waals surface area contributed by atoms with Crippen molar-refractivity contribution in [3.63, 3.8) is 0 Å². The Morgan fingerprint density at radius 2 is 2.00 bits per heavy atom. The van der Waals surface area contributed by atoms with Crippen molar-refractivity contribution in [2.45, 2.75) is 26.7 Å². The molecule has 0 aromatic heterocycles. The lowest BCUT2D eigenvalue weighted by molar-refractivity contribution is 1.03. The van der Waals surface area contributed by atoms with Gasteiger partial charge in [-0.1, -0.05) is 37.8 Å². The molecule has 0 amide bonds. The molecule has 78 valence electrons. The average molecular weight is 191 g/mol. The van der Waals surface area contributed by atoms with Crippen LogP contribution in [0.2, 0.25) is 0 Å². The van der Waals surface area contributed by atoms with E-state index in [-0.39, 0.29) is 0 Å². The second kappa shape index (κ2) is 7.19. The SMILES string of the molecule is C=C/C(=C\C(=C/NC)CC)CC(=C)C. The zero-order valence-corrected chi connectivity index (χ0v) is 9.56. The first-order valence-corrected chi connectivity index (χ1v) is 4.97. The van der Waals surface area contributed by atoms with Gasteiger partial charge in [-0.25, -0.2) is 0 Å². The van der Waals surface area contributed by atoms with Crippen molar-refractivity contribution in [3.05, 3.63) is 48.2 Å². The zero-order chi connectivity index (χ0) is 11.0. The van der Waals surface area contributed by atoms with Crippen LogP contribution in [0, 0.1) is 0 Å². The van der Waals surface area contributed by atoms with E-state index in [2.05, 4.69) is 31.5 Å². The van der Waals surface area contributed by atoms with E-state index in [1.54, 1.807) is 0 Å². The lowest BCUT2D eigenvalue weighted by atomic mass is 10.0. The molecule has 0 bridgehead atoms. The minimum atomic E-state index is 0.907. The van der Waals surface area contributed by atoms with Gasteiger partial charge in [-0.2, -0.15) is 0 Å². The molecule has 14 heavy (non-hydrogen) atoms. The molecular weight excluding hydrogens is 170 g/mol. The third kappa shape index (κ3) is 5.41. The summed E-state index contributed by atoms with van der Waals surface area (Å²) in [6.07, 6.45) is 8.01. The maximum atomic E-state index is 3.90. The van der Waals surface area contributed by atoms with Crippen molar-refractivity contribution in [1.82, 2.24) is 5.32 Å². The first-order valence-electron chi connectivity index (χ1n) is 4.97. The van der Waals surface area contributed by atoms with Gasteiger partial charge in [0.1, 0.15) is 0 Å². The Bertz CT molecular complexity index is 256. The molecule has 0 radical (unpaired) electrons.